The summed E-state index contributed by atoms with van der Waals surface area (Å²) in [4.78, 5) is 0. The van der Waals surface area contributed by atoms with Crippen molar-refractivity contribution in [2.45, 2.75) is 19.3 Å². The molecule has 0 heteroatoms. The number of rotatable bonds is 0. The first-order valence-electron chi connectivity index (χ1n) is 16.6. The molecular weight excluding hydrogens is 565 g/mol. The van der Waals surface area contributed by atoms with Crippen LogP contribution in [0.15, 0.2) is 194 Å². The monoisotopic (exact) mass is 602 g/mol. The van der Waals surface area contributed by atoms with Crippen LogP contribution < -0.4 is 0 Å². The summed E-state index contributed by atoms with van der Waals surface area (Å²) in [5.74, 6) is 0. The zero-order valence-electron chi connectivity index (χ0n) is 27.0. The molecule has 0 saturated heterocycles. The Kier molecular flexibility index (Phi) is 8.50. The van der Waals surface area contributed by atoms with Crippen molar-refractivity contribution in [3.8, 4) is 22.3 Å². The molecule has 47 heavy (non-hydrogen) atoms. The van der Waals surface area contributed by atoms with Gasteiger partial charge in [-0.25, -0.2) is 0 Å². The standard InChI is InChI=1S/C25H16.2C10H8.C2H6/c1-5-13-21-17(9-1)18-10-2-6-14-22(18)25(21)23-15-7-3-11-19(23)20-12-4-8-16-24(20)25;2*1-2-6-10-8-4-3-7-9(10)5-1;1-2/h1-16H;2*1-8H;1-2H3. The van der Waals surface area contributed by atoms with Gasteiger partial charge in [0, 0.05) is 0 Å². The largest absolute Gasteiger partial charge is 0.0725 e. The summed E-state index contributed by atoms with van der Waals surface area (Å²) in [6, 6.07) is 69.1. The molecule has 0 saturated carbocycles. The van der Waals surface area contributed by atoms with Gasteiger partial charge in [0.25, 0.3) is 0 Å². The second-order valence-electron chi connectivity index (χ2n) is 11.6. The van der Waals surface area contributed by atoms with E-state index in [2.05, 4.69) is 194 Å². The Morgan fingerprint density at radius 3 is 0.617 bits per heavy atom. The normalized spacial score (nSPS) is 12.2. The Morgan fingerprint density at radius 2 is 0.404 bits per heavy atom. The quantitative estimate of drug-likeness (QED) is 0.162. The van der Waals surface area contributed by atoms with E-state index < -0.39 is 0 Å². The molecule has 226 valence electrons. The van der Waals surface area contributed by atoms with Crippen LogP contribution in [0.1, 0.15) is 36.1 Å². The second-order valence-corrected chi connectivity index (χ2v) is 11.6. The van der Waals surface area contributed by atoms with Gasteiger partial charge in [-0.2, -0.15) is 0 Å². The van der Waals surface area contributed by atoms with E-state index in [0.29, 0.717) is 0 Å². The van der Waals surface area contributed by atoms with Gasteiger partial charge in [-0.3, -0.25) is 0 Å². The molecule has 0 unspecified atom stereocenters. The van der Waals surface area contributed by atoms with Crippen LogP contribution in [0.4, 0.5) is 0 Å². The van der Waals surface area contributed by atoms with Gasteiger partial charge in [0.2, 0.25) is 0 Å². The topological polar surface area (TPSA) is 0 Å². The fourth-order valence-electron chi connectivity index (χ4n) is 7.32. The molecule has 8 aromatic rings. The summed E-state index contributed by atoms with van der Waals surface area (Å²) < 4.78 is 0. The van der Waals surface area contributed by atoms with Crippen LogP contribution in [-0.4, -0.2) is 0 Å². The van der Waals surface area contributed by atoms with Gasteiger partial charge in [0.05, 0.1) is 5.41 Å². The van der Waals surface area contributed by atoms with Crippen LogP contribution in [0, 0.1) is 0 Å². The predicted molar refractivity (Wildman–Crippen MR) is 202 cm³/mol. The van der Waals surface area contributed by atoms with E-state index in [1.807, 2.05) is 13.8 Å². The van der Waals surface area contributed by atoms with Crippen LogP contribution in [0.25, 0.3) is 43.8 Å². The Morgan fingerprint density at radius 1 is 0.234 bits per heavy atom. The first-order chi connectivity index (χ1) is 23.4. The van der Waals surface area contributed by atoms with E-state index in [0.717, 1.165) is 0 Å². The summed E-state index contributed by atoms with van der Waals surface area (Å²) in [7, 11) is 0. The molecule has 0 heterocycles. The molecule has 2 aliphatic rings. The highest BCUT2D eigenvalue weighted by atomic mass is 14.5. The molecule has 10 rings (SSSR count). The molecule has 0 amide bonds. The summed E-state index contributed by atoms with van der Waals surface area (Å²) in [5, 5.41) is 5.24. The molecular formula is C47H38. The number of hydrogen-bond acceptors (Lipinski definition) is 0. The minimum atomic E-state index is -0.180. The molecule has 0 N–H and O–H groups in total. The number of benzene rings is 8. The van der Waals surface area contributed by atoms with Crippen LogP contribution >= 0.6 is 0 Å². The van der Waals surface area contributed by atoms with E-state index in [4.69, 9.17) is 0 Å². The summed E-state index contributed by atoms with van der Waals surface area (Å²) >= 11 is 0. The third kappa shape index (κ3) is 5.23. The van der Waals surface area contributed by atoms with Gasteiger partial charge in [0.1, 0.15) is 0 Å². The highest BCUT2D eigenvalue weighted by molar-refractivity contribution is 5.94. The van der Waals surface area contributed by atoms with Crippen LogP contribution in [0.5, 0.6) is 0 Å². The van der Waals surface area contributed by atoms with Crippen molar-refractivity contribution in [2.24, 2.45) is 0 Å². The van der Waals surface area contributed by atoms with Crippen LogP contribution in [0.3, 0.4) is 0 Å². The fraction of sp³-hybridized carbons (Fsp3) is 0.0638. The number of hydrogen-bond donors (Lipinski definition) is 0. The lowest BCUT2D eigenvalue weighted by Gasteiger charge is -2.30. The lowest BCUT2D eigenvalue weighted by molar-refractivity contribution is 0.794. The molecule has 2 aliphatic carbocycles. The summed E-state index contributed by atoms with van der Waals surface area (Å²) in [5.41, 5.74) is 10.9. The van der Waals surface area contributed by atoms with Gasteiger partial charge in [-0.1, -0.05) is 208 Å². The summed E-state index contributed by atoms with van der Waals surface area (Å²) in [6.45, 7) is 4.00. The van der Waals surface area contributed by atoms with Crippen molar-refractivity contribution in [1.82, 2.24) is 0 Å². The van der Waals surface area contributed by atoms with Gasteiger partial charge < -0.3 is 0 Å². The fourth-order valence-corrected chi connectivity index (χ4v) is 7.32. The zero-order valence-corrected chi connectivity index (χ0v) is 27.0. The summed E-state index contributed by atoms with van der Waals surface area (Å²) in [6.07, 6.45) is 0. The Hall–Kier alpha value is -5.72. The Bertz CT molecular complexity index is 1900. The van der Waals surface area contributed by atoms with Gasteiger partial charge in [0.15, 0.2) is 0 Å². The molecule has 0 nitrogen and oxygen atoms in total. The SMILES string of the molecule is CC.c1ccc2c(c1)-c1ccccc1C21c2ccccc2-c2ccccc21.c1ccc2ccccc2c1.c1ccc2ccccc2c1. The second kappa shape index (κ2) is 13.3. The Balaban J connectivity index is 0.000000131. The predicted octanol–water partition coefficient (Wildman–Crippen LogP) is 12.7. The molecule has 0 aromatic heterocycles. The van der Waals surface area contributed by atoms with Crippen molar-refractivity contribution < 1.29 is 0 Å². The molecule has 0 bridgehead atoms. The highest BCUT2D eigenvalue weighted by Gasteiger charge is 2.51. The maximum atomic E-state index is 2.31. The molecule has 0 fully saturated rings. The third-order valence-electron chi connectivity index (χ3n) is 9.22. The van der Waals surface area contributed by atoms with E-state index >= 15 is 0 Å². The molecule has 0 atom stereocenters. The minimum Gasteiger partial charge on any atom is -0.0683 e. The van der Waals surface area contributed by atoms with Crippen molar-refractivity contribution in [3.05, 3.63) is 216 Å². The maximum Gasteiger partial charge on any atom is 0.0725 e. The van der Waals surface area contributed by atoms with E-state index in [1.165, 1.54) is 66.1 Å². The lowest BCUT2D eigenvalue weighted by atomic mass is 9.70. The van der Waals surface area contributed by atoms with Gasteiger partial charge >= 0.3 is 0 Å². The average molecular weight is 603 g/mol. The minimum absolute atomic E-state index is 0.180. The van der Waals surface area contributed by atoms with Gasteiger partial charge in [-0.05, 0) is 66.1 Å². The van der Waals surface area contributed by atoms with Crippen molar-refractivity contribution in [2.75, 3.05) is 0 Å². The third-order valence-corrected chi connectivity index (χ3v) is 9.22. The van der Waals surface area contributed by atoms with Gasteiger partial charge in [-0.15, -0.1) is 0 Å². The van der Waals surface area contributed by atoms with E-state index in [1.54, 1.807) is 0 Å². The van der Waals surface area contributed by atoms with Crippen molar-refractivity contribution in [3.63, 3.8) is 0 Å². The molecule has 0 radical (unpaired) electrons. The van der Waals surface area contributed by atoms with Crippen molar-refractivity contribution in [1.29, 1.82) is 0 Å². The molecule has 0 aliphatic heterocycles. The first kappa shape index (κ1) is 30.0. The van der Waals surface area contributed by atoms with Crippen LogP contribution in [0.2, 0.25) is 0 Å². The first-order valence-corrected chi connectivity index (χ1v) is 16.6. The molecule has 1 spiro atoms. The van der Waals surface area contributed by atoms with E-state index in [-0.39, 0.29) is 5.41 Å². The maximum absolute atomic E-state index is 2.31. The average Bonchev–Trinajstić information content (AvgIpc) is 3.64. The Labute approximate surface area is 278 Å². The lowest BCUT2D eigenvalue weighted by Crippen LogP contribution is -2.25. The van der Waals surface area contributed by atoms with E-state index in [9.17, 15) is 0 Å². The number of fused-ring (bicyclic) bond motifs is 12. The molecule has 8 aromatic carbocycles. The van der Waals surface area contributed by atoms with Crippen molar-refractivity contribution >= 4 is 21.5 Å². The smallest absolute Gasteiger partial charge is 0.0683 e. The highest BCUT2D eigenvalue weighted by Crippen LogP contribution is 2.62. The zero-order chi connectivity index (χ0) is 32.1. The van der Waals surface area contributed by atoms with Crippen LogP contribution in [-0.2, 0) is 5.41 Å².